The number of hydrogen-bond donors (Lipinski definition) is 1. The molecule has 0 fully saturated rings. The molecule has 160 valence electrons. The van der Waals surface area contributed by atoms with E-state index in [4.69, 9.17) is 4.74 Å². The number of rotatable bonds is 6. The van der Waals surface area contributed by atoms with Crippen molar-refractivity contribution in [1.29, 1.82) is 0 Å². The van der Waals surface area contributed by atoms with Crippen LogP contribution in [-0.4, -0.2) is 23.5 Å². The van der Waals surface area contributed by atoms with Crippen molar-refractivity contribution in [2.24, 2.45) is 0 Å². The van der Waals surface area contributed by atoms with Crippen LogP contribution in [-0.2, 0) is 9.53 Å². The summed E-state index contributed by atoms with van der Waals surface area (Å²) in [6.45, 7) is -0.701. The van der Waals surface area contributed by atoms with Gasteiger partial charge in [-0.15, -0.1) is 11.3 Å². The van der Waals surface area contributed by atoms with Crippen LogP contribution >= 0.6 is 11.3 Å². The van der Waals surface area contributed by atoms with Crippen LogP contribution < -0.4 is 5.32 Å². The summed E-state index contributed by atoms with van der Waals surface area (Å²) < 4.78 is 31.9. The van der Waals surface area contributed by atoms with Gasteiger partial charge in [-0.1, -0.05) is 60.7 Å². The number of hydrogen-bond acceptors (Lipinski definition) is 5. The van der Waals surface area contributed by atoms with E-state index in [1.54, 1.807) is 5.38 Å². The first-order valence-corrected chi connectivity index (χ1v) is 10.4. The minimum atomic E-state index is -1.26. The maximum absolute atomic E-state index is 13.6. The molecule has 1 heterocycles. The van der Waals surface area contributed by atoms with Crippen LogP contribution in [0.2, 0.25) is 0 Å². The van der Waals surface area contributed by atoms with Gasteiger partial charge in [-0.25, -0.2) is 18.6 Å². The number of halogens is 2. The molecule has 5 nitrogen and oxygen atoms in total. The number of thiazole rings is 1. The molecule has 0 saturated heterocycles. The van der Waals surface area contributed by atoms with Gasteiger partial charge in [0.1, 0.15) is 17.2 Å². The van der Waals surface area contributed by atoms with Gasteiger partial charge in [0.15, 0.2) is 11.7 Å². The van der Waals surface area contributed by atoms with E-state index < -0.39 is 35.7 Å². The van der Waals surface area contributed by atoms with Crippen molar-refractivity contribution in [3.05, 3.63) is 95.4 Å². The Morgan fingerprint density at radius 3 is 2.16 bits per heavy atom. The monoisotopic (exact) mass is 450 g/mol. The molecule has 3 aromatic carbocycles. The van der Waals surface area contributed by atoms with Crippen molar-refractivity contribution in [3.8, 4) is 22.4 Å². The van der Waals surface area contributed by atoms with E-state index in [-0.39, 0.29) is 0 Å². The number of amides is 1. The third kappa shape index (κ3) is 4.87. The number of benzene rings is 3. The first-order chi connectivity index (χ1) is 15.5. The molecule has 0 bridgehead atoms. The van der Waals surface area contributed by atoms with E-state index in [1.807, 2.05) is 54.6 Å². The van der Waals surface area contributed by atoms with Gasteiger partial charge in [-0.05, 0) is 23.3 Å². The molecule has 0 saturated carbocycles. The van der Waals surface area contributed by atoms with Crippen molar-refractivity contribution >= 4 is 28.3 Å². The fourth-order valence-electron chi connectivity index (χ4n) is 2.98. The standard InChI is InChI=1S/C24H16F2N2O3S/c25-18-7-4-8-19(26)22(18)23(30)31-13-21(29)28-24-27-20(14-32-24)17-11-9-16(10-12-17)15-5-2-1-3-6-15/h1-12,14H,13H2,(H,27,28,29). The molecule has 8 heteroatoms. The minimum absolute atomic E-state index is 0.310. The Morgan fingerprint density at radius 2 is 1.47 bits per heavy atom. The van der Waals surface area contributed by atoms with Gasteiger partial charge in [0.25, 0.3) is 5.91 Å². The molecule has 32 heavy (non-hydrogen) atoms. The zero-order valence-corrected chi connectivity index (χ0v) is 17.4. The molecule has 0 aliphatic carbocycles. The van der Waals surface area contributed by atoms with Gasteiger partial charge in [-0.2, -0.15) is 0 Å². The predicted octanol–water partition coefficient (Wildman–Crippen LogP) is 5.55. The van der Waals surface area contributed by atoms with E-state index >= 15 is 0 Å². The first-order valence-electron chi connectivity index (χ1n) is 9.53. The van der Waals surface area contributed by atoms with E-state index in [9.17, 15) is 18.4 Å². The van der Waals surface area contributed by atoms with Gasteiger partial charge < -0.3 is 4.74 Å². The highest BCUT2D eigenvalue weighted by atomic mass is 32.1. The van der Waals surface area contributed by atoms with Gasteiger partial charge in [0, 0.05) is 10.9 Å². The highest BCUT2D eigenvalue weighted by Gasteiger charge is 2.20. The average molecular weight is 450 g/mol. The number of aromatic nitrogens is 1. The fourth-order valence-corrected chi connectivity index (χ4v) is 3.72. The van der Waals surface area contributed by atoms with Crippen LogP contribution in [0.15, 0.2) is 78.2 Å². The number of carbonyl (C=O) groups is 2. The lowest BCUT2D eigenvalue weighted by molar-refractivity contribution is -0.119. The summed E-state index contributed by atoms with van der Waals surface area (Å²) in [5.74, 6) is -4.04. The Morgan fingerprint density at radius 1 is 0.844 bits per heavy atom. The molecule has 4 rings (SSSR count). The highest BCUT2D eigenvalue weighted by molar-refractivity contribution is 7.14. The van der Waals surface area contributed by atoms with Crippen LogP contribution in [0.5, 0.6) is 0 Å². The molecule has 1 N–H and O–H groups in total. The normalized spacial score (nSPS) is 10.6. The zero-order valence-electron chi connectivity index (χ0n) is 16.5. The largest absolute Gasteiger partial charge is 0.452 e. The summed E-state index contributed by atoms with van der Waals surface area (Å²) in [6.07, 6.45) is 0. The third-order valence-corrected chi connectivity index (χ3v) is 5.30. The van der Waals surface area contributed by atoms with Gasteiger partial charge in [0.05, 0.1) is 5.69 Å². The SMILES string of the molecule is O=C(COC(=O)c1c(F)cccc1F)Nc1nc(-c2ccc(-c3ccccc3)cc2)cs1. The summed E-state index contributed by atoms with van der Waals surface area (Å²) in [6, 6.07) is 20.8. The Hall–Kier alpha value is -3.91. The smallest absolute Gasteiger partial charge is 0.344 e. The van der Waals surface area contributed by atoms with Gasteiger partial charge in [0.2, 0.25) is 0 Å². The van der Waals surface area contributed by atoms with Crippen molar-refractivity contribution in [2.75, 3.05) is 11.9 Å². The molecule has 1 amide bonds. The molecular weight excluding hydrogens is 434 g/mol. The second-order valence-corrected chi connectivity index (χ2v) is 7.56. The van der Waals surface area contributed by atoms with Crippen molar-refractivity contribution < 1.29 is 23.1 Å². The summed E-state index contributed by atoms with van der Waals surface area (Å²) >= 11 is 1.21. The van der Waals surface area contributed by atoms with Crippen LogP contribution in [0, 0.1) is 11.6 Å². The summed E-state index contributed by atoms with van der Waals surface area (Å²) in [4.78, 5) is 28.3. The quantitative estimate of drug-likeness (QED) is 0.391. The summed E-state index contributed by atoms with van der Waals surface area (Å²) in [7, 11) is 0. The van der Waals surface area contributed by atoms with E-state index in [1.165, 1.54) is 11.3 Å². The zero-order chi connectivity index (χ0) is 22.5. The molecule has 4 aromatic rings. The number of nitrogens with one attached hydrogen (secondary N) is 1. The van der Waals surface area contributed by atoms with Crippen LogP contribution in [0.4, 0.5) is 13.9 Å². The fraction of sp³-hybridized carbons (Fsp3) is 0.0417. The molecule has 0 aliphatic heterocycles. The molecule has 0 unspecified atom stereocenters. The lowest BCUT2D eigenvalue weighted by Crippen LogP contribution is -2.21. The number of carbonyl (C=O) groups excluding carboxylic acids is 2. The molecule has 0 aliphatic rings. The van der Waals surface area contributed by atoms with Crippen molar-refractivity contribution in [3.63, 3.8) is 0 Å². The maximum atomic E-state index is 13.6. The van der Waals surface area contributed by atoms with Gasteiger partial charge >= 0.3 is 5.97 Å². The second kappa shape index (κ2) is 9.49. The lowest BCUT2D eigenvalue weighted by Gasteiger charge is -2.06. The van der Waals surface area contributed by atoms with Crippen LogP contribution in [0.1, 0.15) is 10.4 Å². The van der Waals surface area contributed by atoms with E-state index in [0.29, 0.717) is 10.8 Å². The first kappa shape index (κ1) is 21.3. The topological polar surface area (TPSA) is 68.3 Å². The van der Waals surface area contributed by atoms with Gasteiger partial charge in [-0.3, -0.25) is 10.1 Å². The second-order valence-electron chi connectivity index (χ2n) is 6.70. The van der Waals surface area contributed by atoms with Crippen LogP contribution in [0.25, 0.3) is 22.4 Å². The number of nitrogens with zero attached hydrogens (tertiary/aromatic N) is 1. The third-order valence-electron chi connectivity index (χ3n) is 4.54. The predicted molar refractivity (Wildman–Crippen MR) is 118 cm³/mol. The average Bonchev–Trinajstić information content (AvgIpc) is 3.27. The minimum Gasteiger partial charge on any atom is -0.452 e. The highest BCUT2D eigenvalue weighted by Crippen LogP contribution is 2.27. The molecule has 0 spiro atoms. The number of ether oxygens (including phenoxy) is 1. The maximum Gasteiger partial charge on any atom is 0.344 e. The van der Waals surface area contributed by atoms with E-state index in [2.05, 4.69) is 10.3 Å². The molecular formula is C24H16F2N2O3S. The number of esters is 1. The summed E-state index contributed by atoms with van der Waals surface area (Å²) in [5.41, 5.74) is 2.90. The molecule has 0 atom stereocenters. The lowest BCUT2D eigenvalue weighted by atomic mass is 10.0. The summed E-state index contributed by atoms with van der Waals surface area (Å²) in [5, 5.41) is 4.61. The Bertz CT molecular complexity index is 1240. The Labute approximate surface area is 186 Å². The Balaban J connectivity index is 1.36. The Kier molecular flexibility index (Phi) is 6.32. The number of anilines is 1. The van der Waals surface area contributed by atoms with E-state index in [0.717, 1.165) is 34.9 Å². The molecule has 1 aromatic heterocycles. The van der Waals surface area contributed by atoms with Crippen molar-refractivity contribution in [1.82, 2.24) is 4.98 Å². The molecule has 0 radical (unpaired) electrons. The van der Waals surface area contributed by atoms with Crippen molar-refractivity contribution in [2.45, 2.75) is 0 Å². The van der Waals surface area contributed by atoms with Crippen LogP contribution in [0.3, 0.4) is 0 Å².